The molecule has 64 heavy (non-hydrogen) atoms. The van der Waals surface area contributed by atoms with E-state index >= 15 is 0 Å². The topological polar surface area (TPSA) is 78.9 Å². The number of ether oxygens (including phenoxy) is 3. The lowest BCUT2D eigenvalue weighted by Crippen LogP contribution is -2.30. The highest BCUT2D eigenvalue weighted by molar-refractivity contribution is 5.71. The second-order valence-electron chi connectivity index (χ2n) is 18.5. The smallest absolute Gasteiger partial charge is 0.306 e. The molecule has 0 spiro atoms. The van der Waals surface area contributed by atoms with Crippen LogP contribution in [0.5, 0.6) is 0 Å². The predicted molar refractivity (Wildman–Crippen MR) is 275 cm³/mol. The van der Waals surface area contributed by atoms with Gasteiger partial charge in [-0.25, -0.2) is 0 Å². The number of allylic oxidation sites excluding steroid dienone is 8. The van der Waals surface area contributed by atoms with Crippen LogP contribution in [0.1, 0.15) is 284 Å². The van der Waals surface area contributed by atoms with Gasteiger partial charge in [0, 0.05) is 19.3 Å². The summed E-state index contributed by atoms with van der Waals surface area (Å²) in [5, 5.41) is 0. The maximum absolute atomic E-state index is 12.8. The number of esters is 3. The molecule has 0 heterocycles. The van der Waals surface area contributed by atoms with Gasteiger partial charge in [-0.2, -0.15) is 0 Å². The summed E-state index contributed by atoms with van der Waals surface area (Å²) in [4.78, 5) is 38.1. The van der Waals surface area contributed by atoms with E-state index < -0.39 is 6.10 Å². The van der Waals surface area contributed by atoms with E-state index in [-0.39, 0.29) is 31.1 Å². The molecular formula is C58H104O6. The van der Waals surface area contributed by atoms with E-state index in [2.05, 4.69) is 69.4 Å². The van der Waals surface area contributed by atoms with Crippen LogP contribution < -0.4 is 0 Å². The minimum absolute atomic E-state index is 0.0801. The molecule has 0 radical (unpaired) electrons. The normalized spacial score (nSPS) is 12.4. The Bertz CT molecular complexity index is 1120. The summed E-state index contributed by atoms with van der Waals surface area (Å²) in [6.45, 7) is 6.52. The third-order valence-electron chi connectivity index (χ3n) is 12.1. The molecule has 0 N–H and O–H groups in total. The molecule has 0 aromatic rings. The summed E-state index contributed by atoms with van der Waals surface area (Å²) < 4.78 is 16.8. The van der Waals surface area contributed by atoms with Gasteiger partial charge in [-0.3, -0.25) is 14.4 Å². The second-order valence-corrected chi connectivity index (χ2v) is 18.5. The van der Waals surface area contributed by atoms with Gasteiger partial charge in [-0.05, 0) is 77.0 Å². The quantitative estimate of drug-likeness (QED) is 0.0262. The molecule has 0 aliphatic rings. The summed E-state index contributed by atoms with van der Waals surface area (Å²) in [7, 11) is 0. The molecule has 0 aliphatic heterocycles. The van der Waals surface area contributed by atoms with Crippen molar-refractivity contribution in [3.63, 3.8) is 0 Å². The molecular weight excluding hydrogens is 793 g/mol. The van der Waals surface area contributed by atoms with Crippen LogP contribution in [0.25, 0.3) is 0 Å². The van der Waals surface area contributed by atoms with E-state index in [9.17, 15) is 14.4 Å². The van der Waals surface area contributed by atoms with E-state index in [1.54, 1.807) is 0 Å². The van der Waals surface area contributed by atoms with Gasteiger partial charge in [-0.1, -0.05) is 236 Å². The van der Waals surface area contributed by atoms with Gasteiger partial charge in [0.25, 0.3) is 0 Å². The lowest BCUT2D eigenvalue weighted by molar-refractivity contribution is -0.167. The van der Waals surface area contributed by atoms with Crippen LogP contribution in [0.4, 0.5) is 0 Å². The number of hydrogen-bond acceptors (Lipinski definition) is 6. The van der Waals surface area contributed by atoms with Gasteiger partial charge in [0.05, 0.1) is 0 Å². The highest BCUT2D eigenvalue weighted by Gasteiger charge is 2.19. The van der Waals surface area contributed by atoms with E-state index in [4.69, 9.17) is 14.2 Å². The van der Waals surface area contributed by atoms with Crippen molar-refractivity contribution in [1.82, 2.24) is 0 Å². The number of carbonyl (C=O) groups excluding carboxylic acids is 3. The first-order chi connectivity index (χ1) is 31.5. The van der Waals surface area contributed by atoms with Crippen molar-refractivity contribution in [2.75, 3.05) is 13.2 Å². The van der Waals surface area contributed by atoms with Crippen molar-refractivity contribution >= 4 is 17.9 Å². The molecule has 0 bridgehead atoms. The number of unbranched alkanes of at least 4 members (excludes halogenated alkanes) is 31. The van der Waals surface area contributed by atoms with Gasteiger partial charge in [0.2, 0.25) is 0 Å². The van der Waals surface area contributed by atoms with Crippen molar-refractivity contribution < 1.29 is 28.6 Å². The predicted octanol–water partition coefficient (Wildman–Crippen LogP) is 18.3. The third kappa shape index (κ3) is 50.4. The first kappa shape index (κ1) is 61.4. The lowest BCUT2D eigenvalue weighted by atomic mass is 10.0. The molecule has 1 unspecified atom stereocenters. The minimum Gasteiger partial charge on any atom is -0.462 e. The van der Waals surface area contributed by atoms with E-state index in [0.717, 1.165) is 103 Å². The Morgan fingerprint density at radius 2 is 0.609 bits per heavy atom. The fourth-order valence-electron chi connectivity index (χ4n) is 7.92. The van der Waals surface area contributed by atoms with Crippen molar-refractivity contribution in [1.29, 1.82) is 0 Å². The van der Waals surface area contributed by atoms with E-state index in [1.807, 2.05) is 0 Å². The van der Waals surface area contributed by atoms with Crippen molar-refractivity contribution in [3.05, 3.63) is 48.6 Å². The van der Waals surface area contributed by atoms with Crippen LogP contribution in [0.2, 0.25) is 0 Å². The molecule has 0 aromatic heterocycles. The average Bonchev–Trinajstić information content (AvgIpc) is 3.29. The Morgan fingerprint density at radius 3 is 0.984 bits per heavy atom. The second kappa shape index (κ2) is 53.0. The van der Waals surface area contributed by atoms with E-state index in [1.165, 1.54) is 141 Å². The Labute approximate surface area is 397 Å². The zero-order chi connectivity index (χ0) is 46.5. The monoisotopic (exact) mass is 897 g/mol. The number of hydrogen-bond donors (Lipinski definition) is 0. The molecule has 6 nitrogen and oxygen atoms in total. The third-order valence-corrected chi connectivity index (χ3v) is 12.1. The molecule has 0 fully saturated rings. The first-order valence-corrected chi connectivity index (χ1v) is 27.6. The minimum atomic E-state index is -0.783. The zero-order valence-electron chi connectivity index (χ0n) is 42.6. The van der Waals surface area contributed by atoms with Crippen LogP contribution in [0.15, 0.2) is 48.6 Å². The number of rotatable bonds is 50. The molecule has 0 amide bonds. The van der Waals surface area contributed by atoms with Crippen LogP contribution in [-0.4, -0.2) is 37.2 Å². The summed E-state index contributed by atoms with van der Waals surface area (Å²) in [5.41, 5.74) is 0. The Hall–Kier alpha value is -2.63. The highest BCUT2D eigenvalue weighted by atomic mass is 16.6. The average molecular weight is 897 g/mol. The summed E-state index contributed by atoms with van der Waals surface area (Å²) in [6, 6.07) is 0. The van der Waals surface area contributed by atoms with Gasteiger partial charge in [0.1, 0.15) is 13.2 Å². The molecule has 1 atom stereocenters. The van der Waals surface area contributed by atoms with Gasteiger partial charge < -0.3 is 14.2 Å². The largest absolute Gasteiger partial charge is 0.462 e. The summed E-state index contributed by atoms with van der Waals surface area (Å²) in [5.74, 6) is -0.895. The van der Waals surface area contributed by atoms with Gasteiger partial charge in [-0.15, -0.1) is 0 Å². The number of carbonyl (C=O) groups is 3. The summed E-state index contributed by atoms with van der Waals surface area (Å²) in [6.07, 6.45) is 63.8. The molecule has 0 saturated heterocycles. The van der Waals surface area contributed by atoms with Crippen LogP contribution >= 0.6 is 0 Å². The van der Waals surface area contributed by atoms with Crippen LogP contribution in [0.3, 0.4) is 0 Å². The fraction of sp³-hybridized carbons (Fsp3) is 0.810. The molecule has 0 saturated carbocycles. The maximum atomic E-state index is 12.8. The molecule has 372 valence electrons. The maximum Gasteiger partial charge on any atom is 0.306 e. The molecule has 6 heteroatoms. The van der Waals surface area contributed by atoms with Crippen molar-refractivity contribution in [2.45, 2.75) is 290 Å². The Balaban J connectivity index is 4.36. The van der Waals surface area contributed by atoms with Gasteiger partial charge in [0.15, 0.2) is 6.10 Å². The lowest BCUT2D eigenvalue weighted by Gasteiger charge is -2.18. The molecule has 0 aliphatic carbocycles. The fourth-order valence-corrected chi connectivity index (χ4v) is 7.92. The Morgan fingerprint density at radius 1 is 0.328 bits per heavy atom. The Kier molecular flexibility index (Phi) is 50.8. The van der Waals surface area contributed by atoms with Gasteiger partial charge >= 0.3 is 17.9 Å². The standard InChI is InChI=1S/C58H104O6/c1-4-7-10-13-16-19-22-25-27-28-29-31-33-36-39-42-45-48-51-57(60)63-54-55(53-62-56(59)50-47-44-41-38-35-32-24-21-18-15-12-9-6-3)64-58(61)52-49-46-43-40-37-34-30-26-23-20-17-14-11-8-5-2/h8,11,17,20-21,24,26,30,55H,4-7,9-10,12-16,18-19,22-23,25,27-29,31-54H2,1-3H3/b11-8-,20-17-,24-21-,30-26-. The van der Waals surface area contributed by atoms with Crippen molar-refractivity contribution in [3.8, 4) is 0 Å². The van der Waals surface area contributed by atoms with Crippen LogP contribution in [0, 0.1) is 0 Å². The first-order valence-electron chi connectivity index (χ1n) is 27.6. The van der Waals surface area contributed by atoms with Crippen LogP contribution in [-0.2, 0) is 28.6 Å². The molecule has 0 rings (SSSR count). The highest BCUT2D eigenvalue weighted by Crippen LogP contribution is 2.16. The summed E-state index contributed by atoms with van der Waals surface area (Å²) >= 11 is 0. The molecule has 0 aromatic carbocycles. The van der Waals surface area contributed by atoms with Crippen molar-refractivity contribution in [2.24, 2.45) is 0 Å². The zero-order valence-corrected chi connectivity index (χ0v) is 42.6. The van der Waals surface area contributed by atoms with E-state index in [0.29, 0.717) is 19.3 Å². The SMILES string of the molecule is CC/C=C\C/C=C\C/C=C\CCCCCCCC(=O)OC(COC(=O)CCCCCCC/C=C\CCCCCC)COC(=O)CCCCCCCCCCCCCCCCCCCC.